The van der Waals surface area contributed by atoms with Crippen LogP contribution in [0.2, 0.25) is 0 Å². The average molecular weight is 424 g/mol. The van der Waals surface area contributed by atoms with Gasteiger partial charge in [0.25, 0.3) is 11.8 Å². The number of carbonyl (C=O) groups excluding carboxylic acids is 3. The molecule has 3 amide bonds. The fraction of sp³-hybridized carbons (Fsp3) is 0.375. The summed E-state index contributed by atoms with van der Waals surface area (Å²) in [7, 11) is 0. The fourth-order valence-corrected chi connectivity index (χ4v) is 3.72. The van der Waals surface area contributed by atoms with Crippen LogP contribution in [0.5, 0.6) is 5.75 Å². The van der Waals surface area contributed by atoms with Gasteiger partial charge in [0.1, 0.15) is 5.75 Å². The highest BCUT2D eigenvalue weighted by Gasteiger charge is 2.17. The Hall–Kier alpha value is -3.35. The number of benzene rings is 2. The zero-order valence-corrected chi connectivity index (χ0v) is 17.6. The highest BCUT2D eigenvalue weighted by Crippen LogP contribution is 2.29. The molecule has 0 bridgehead atoms. The summed E-state index contributed by atoms with van der Waals surface area (Å²) in [5, 5.41) is 2.60. The van der Waals surface area contributed by atoms with Gasteiger partial charge < -0.3 is 10.1 Å². The molecule has 0 unspecified atom stereocenters. The summed E-state index contributed by atoms with van der Waals surface area (Å²) >= 11 is 0. The average Bonchev–Trinajstić information content (AvgIpc) is 2.81. The number of para-hydroxylation sites is 1. The quantitative estimate of drug-likeness (QED) is 0.569. The predicted octanol–water partition coefficient (Wildman–Crippen LogP) is 2.97. The molecule has 0 atom stereocenters. The zero-order valence-electron chi connectivity index (χ0n) is 17.6. The van der Waals surface area contributed by atoms with Crippen molar-refractivity contribution in [2.45, 2.75) is 38.5 Å². The van der Waals surface area contributed by atoms with Gasteiger partial charge in [-0.2, -0.15) is 0 Å². The summed E-state index contributed by atoms with van der Waals surface area (Å²) in [6.07, 6.45) is 6.17. The third-order valence-electron chi connectivity index (χ3n) is 5.32. The van der Waals surface area contributed by atoms with Crippen LogP contribution in [-0.2, 0) is 14.4 Å². The van der Waals surface area contributed by atoms with Crippen LogP contribution in [0.3, 0.4) is 0 Å². The van der Waals surface area contributed by atoms with Gasteiger partial charge in [-0.25, -0.2) is 0 Å². The van der Waals surface area contributed by atoms with Crippen molar-refractivity contribution in [1.29, 1.82) is 0 Å². The van der Waals surface area contributed by atoms with E-state index in [1.54, 1.807) is 6.07 Å². The lowest BCUT2D eigenvalue weighted by molar-refractivity contribution is -0.130. The van der Waals surface area contributed by atoms with Crippen molar-refractivity contribution in [2.24, 2.45) is 5.92 Å². The topological polar surface area (TPSA) is 96.5 Å². The Labute approximate surface area is 182 Å². The molecule has 0 heterocycles. The minimum atomic E-state index is -0.496. The van der Waals surface area contributed by atoms with Crippen molar-refractivity contribution in [1.82, 2.24) is 16.2 Å². The molecule has 3 N–H and O–H groups in total. The molecule has 1 fully saturated rings. The van der Waals surface area contributed by atoms with Gasteiger partial charge in [0.2, 0.25) is 5.91 Å². The summed E-state index contributed by atoms with van der Waals surface area (Å²) in [6.45, 7) is -0.429. The minimum absolute atomic E-state index is 0.130. The van der Waals surface area contributed by atoms with Gasteiger partial charge in [-0.3, -0.25) is 25.2 Å². The summed E-state index contributed by atoms with van der Waals surface area (Å²) in [6, 6.07) is 17.2. The third kappa shape index (κ3) is 7.44. The number of carbonyl (C=O) groups is 3. The van der Waals surface area contributed by atoms with Gasteiger partial charge in [0.15, 0.2) is 6.61 Å². The van der Waals surface area contributed by atoms with Crippen LogP contribution in [0.15, 0.2) is 54.6 Å². The van der Waals surface area contributed by atoms with E-state index in [1.807, 2.05) is 48.5 Å². The maximum atomic E-state index is 12.0. The summed E-state index contributed by atoms with van der Waals surface area (Å²) in [4.78, 5) is 35.9. The Balaban J connectivity index is 1.37. The Kier molecular flexibility index (Phi) is 8.46. The molecule has 7 heteroatoms. The first-order valence-electron chi connectivity index (χ1n) is 10.7. The van der Waals surface area contributed by atoms with Gasteiger partial charge in [0, 0.05) is 12.0 Å². The van der Waals surface area contributed by atoms with Crippen molar-refractivity contribution >= 4 is 17.7 Å². The largest absolute Gasteiger partial charge is 0.483 e. The van der Waals surface area contributed by atoms with E-state index in [4.69, 9.17) is 4.74 Å². The van der Waals surface area contributed by atoms with Crippen LogP contribution in [-0.4, -0.2) is 30.9 Å². The van der Waals surface area contributed by atoms with Crippen LogP contribution in [0.25, 0.3) is 11.1 Å². The Bertz CT molecular complexity index is 879. The Morgan fingerprint density at radius 3 is 2.26 bits per heavy atom. The normalized spacial score (nSPS) is 13.8. The predicted molar refractivity (Wildman–Crippen MR) is 118 cm³/mol. The number of hydrazine groups is 1. The van der Waals surface area contributed by atoms with Gasteiger partial charge in [0.05, 0.1) is 6.54 Å². The van der Waals surface area contributed by atoms with E-state index in [-0.39, 0.29) is 19.1 Å². The highest BCUT2D eigenvalue weighted by molar-refractivity contribution is 5.87. The monoisotopic (exact) mass is 423 g/mol. The van der Waals surface area contributed by atoms with E-state index in [9.17, 15) is 14.4 Å². The molecule has 0 aliphatic heterocycles. The fourth-order valence-electron chi connectivity index (χ4n) is 3.72. The molecule has 1 aliphatic rings. The van der Waals surface area contributed by atoms with Gasteiger partial charge in [-0.15, -0.1) is 0 Å². The van der Waals surface area contributed by atoms with Gasteiger partial charge in [-0.1, -0.05) is 67.8 Å². The molecule has 3 rings (SSSR count). The number of hydrogen-bond acceptors (Lipinski definition) is 4. The molecular weight excluding hydrogens is 394 g/mol. The van der Waals surface area contributed by atoms with Crippen molar-refractivity contribution in [2.75, 3.05) is 13.2 Å². The standard InChI is InChI=1S/C24H29N3O4/c28-22(15-18-9-3-1-4-10-18)25-16-23(29)26-27-24(30)17-31-21-14-8-7-13-20(21)19-11-5-2-6-12-19/h2,5-8,11-14,18H,1,3-4,9-10,15-17H2,(H,25,28)(H,26,29)(H,27,30). The van der Waals surface area contributed by atoms with Crippen molar-refractivity contribution in [3.63, 3.8) is 0 Å². The number of nitrogens with one attached hydrogen (secondary N) is 3. The summed E-state index contributed by atoms with van der Waals surface area (Å²) in [5.41, 5.74) is 6.45. The first kappa shape index (κ1) is 22.3. The van der Waals surface area contributed by atoms with E-state index in [2.05, 4.69) is 16.2 Å². The molecule has 0 radical (unpaired) electrons. The molecule has 0 saturated heterocycles. The summed E-state index contributed by atoms with van der Waals surface area (Å²) in [5.74, 6) is -0.133. The molecule has 164 valence electrons. The zero-order chi connectivity index (χ0) is 21.9. The van der Waals surface area contributed by atoms with E-state index in [0.29, 0.717) is 18.1 Å². The van der Waals surface area contributed by atoms with E-state index in [0.717, 1.165) is 24.0 Å². The lowest BCUT2D eigenvalue weighted by Crippen LogP contribution is -2.47. The Morgan fingerprint density at radius 1 is 0.806 bits per heavy atom. The van der Waals surface area contributed by atoms with Crippen molar-refractivity contribution < 1.29 is 19.1 Å². The number of ether oxygens (including phenoxy) is 1. The smallest absolute Gasteiger partial charge is 0.276 e. The van der Waals surface area contributed by atoms with Crippen LogP contribution in [0, 0.1) is 5.92 Å². The minimum Gasteiger partial charge on any atom is -0.483 e. The van der Waals surface area contributed by atoms with Gasteiger partial charge >= 0.3 is 0 Å². The third-order valence-corrected chi connectivity index (χ3v) is 5.32. The second-order valence-corrected chi connectivity index (χ2v) is 7.73. The lowest BCUT2D eigenvalue weighted by atomic mass is 9.87. The molecule has 2 aromatic carbocycles. The van der Waals surface area contributed by atoms with Crippen LogP contribution >= 0.6 is 0 Å². The summed E-state index contributed by atoms with van der Waals surface area (Å²) < 4.78 is 5.64. The number of amides is 3. The molecular formula is C24H29N3O4. The molecule has 0 aromatic heterocycles. The van der Waals surface area contributed by atoms with Crippen molar-refractivity contribution in [3.8, 4) is 16.9 Å². The number of hydrogen-bond donors (Lipinski definition) is 3. The van der Waals surface area contributed by atoms with Crippen molar-refractivity contribution in [3.05, 3.63) is 54.6 Å². The second-order valence-electron chi connectivity index (χ2n) is 7.73. The van der Waals surface area contributed by atoms with E-state index in [1.165, 1.54) is 19.3 Å². The van der Waals surface area contributed by atoms with E-state index >= 15 is 0 Å². The second kappa shape index (κ2) is 11.7. The molecule has 0 spiro atoms. The van der Waals surface area contributed by atoms with Crippen LogP contribution in [0.4, 0.5) is 0 Å². The number of rotatable bonds is 8. The molecule has 2 aromatic rings. The van der Waals surface area contributed by atoms with Gasteiger partial charge in [-0.05, 0) is 30.4 Å². The lowest BCUT2D eigenvalue weighted by Gasteiger charge is -2.20. The first-order valence-corrected chi connectivity index (χ1v) is 10.7. The molecule has 1 aliphatic carbocycles. The molecule has 1 saturated carbocycles. The SMILES string of the molecule is O=C(CC1CCCCC1)NCC(=O)NNC(=O)COc1ccccc1-c1ccccc1. The first-order chi connectivity index (χ1) is 15.1. The van der Waals surface area contributed by atoms with Crippen LogP contribution < -0.4 is 20.9 Å². The molecule has 7 nitrogen and oxygen atoms in total. The van der Waals surface area contributed by atoms with Crippen LogP contribution in [0.1, 0.15) is 38.5 Å². The highest BCUT2D eigenvalue weighted by atomic mass is 16.5. The van der Waals surface area contributed by atoms with E-state index < -0.39 is 11.8 Å². The maximum absolute atomic E-state index is 12.0. The Morgan fingerprint density at radius 2 is 1.48 bits per heavy atom. The molecule has 31 heavy (non-hydrogen) atoms. The maximum Gasteiger partial charge on any atom is 0.276 e.